The van der Waals surface area contributed by atoms with Crippen LogP contribution in [-0.4, -0.2) is 44.1 Å². The highest BCUT2D eigenvalue weighted by Crippen LogP contribution is 2.27. The first-order valence-corrected chi connectivity index (χ1v) is 9.84. The molecule has 0 heterocycles. The summed E-state index contributed by atoms with van der Waals surface area (Å²) in [5, 5.41) is 5.47. The maximum atomic E-state index is 12.5. The number of amides is 2. The minimum Gasteiger partial charge on any atom is -0.493 e. The second kappa shape index (κ2) is 11.9. The average Bonchev–Trinajstić information content (AvgIpc) is 2.66. The predicted octanol–water partition coefficient (Wildman–Crippen LogP) is 2.01. The van der Waals surface area contributed by atoms with Crippen LogP contribution in [0.4, 0.5) is 0 Å². The van der Waals surface area contributed by atoms with Crippen molar-refractivity contribution in [2.45, 2.75) is 59.0 Å². The molecule has 1 aromatic carbocycles. The summed E-state index contributed by atoms with van der Waals surface area (Å²) in [7, 11) is 3.08. The van der Waals surface area contributed by atoms with Gasteiger partial charge in [-0.3, -0.25) is 14.9 Å². The Morgan fingerprint density at radius 1 is 1.14 bits per heavy atom. The molecule has 8 nitrogen and oxygen atoms in total. The number of nitrogens with one attached hydrogen (secondary N) is 2. The van der Waals surface area contributed by atoms with Gasteiger partial charge in [-0.2, -0.15) is 0 Å². The summed E-state index contributed by atoms with van der Waals surface area (Å²) >= 11 is 0. The number of rotatable bonds is 10. The number of hydrogen-bond acceptors (Lipinski definition) is 5. The summed E-state index contributed by atoms with van der Waals surface area (Å²) in [6.45, 7) is 7.94. The quantitative estimate of drug-likeness (QED) is 0.406. The van der Waals surface area contributed by atoms with E-state index >= 15 is 0 Å². The number of carbonyl (C=O) groups is 2. The number of ether oxygens (including phenoxy) is 2. The Hall–Kier alpha value is -2.77. The van der Waals surface area contributed by atoms with Crippen LogP contribution in [0.2, 0.25) is 0 Å². The summed E-state index contributed by atoms with van der Waals surface area (Å²) in [6.07, 6.45) is 1.44. The molecule has 0 spiro atoms. The Bertz CT molecular complexity index is 719. The fourth-order valence-electron chi connectivity index (χ4n) is 2.67. The number of benzene rings is 1. The molecule has 2 amide bonds. The van der Waals surface area contributed by atoms with Crippen LogP contribution < -0.4 is 25.8 Å². The SMILES string of the molecule is CCC(C)NC(=O)C(CC(C)C)N=C(N)NC(=O)Cc1ccc(OC)c(OC)c1. The summed E-state index contributed by atoms with van der Waals surface area (Å²) in [4.78, 5) is 29.1. The van der Waals surface area contributed by atoms with Gasteiger partial charge in [0.05, 0.1) is 20.6 Å². The highest BCUT2D eigenvalue weighted by atomic mass is 16.5. The summed E-state index contributed by atoms with van der Waals surface area (Å²) in [6, 6.07) is 4.64. The van der Waals surface area contributed by atoms with Crippen molar-refractivity contribution >= 4 is 17.8 Å². The number of nitrogens with two attached hydrogens (primary N) is 1. The van der Waals surface area contributed by atoms with Crippen molar-refractivity contribution in [2.24, 2.45) is 16.6 Å². The van der Waals surface area contributed by atoms with E-state index < -0.39 is 6.04 Å². The molecule has 1 rings (SSSR count). The molecule has 0 aliphatic carbocycles. The van der Waals surface area contributed by atoms with Crippen molar-refractivity contribution in [1.29, 1.82) is 0 Å². The number of aliphatic imine (C=N–C) groups is 1. The fraction of sp³-hybridized carbons (Fsp3) is 0.571. The largest absolute Gasteiger partial charge is 0.493 e. The van der Waals surface area contributed by atoms with E-state index in [9.17, 15) is 9.59 Å². The van der Waals surface area contributed by atoms with E-state index in [-0.39, 0.29) is 36.2 Å². The maximum Gasteiger partial charge on any atom is 0.245 e. The number of nitrogens with zero attached hydrogens (tertiary/aromatic N) is 1. The summed E-state index contributed by atoms with van der Waals surface area (Å²) < 4.78 is 10.4. The molecule has 0 radical (unpaired) electrons. The monoisotopic (exact) mass is 406 g/mol. The van der Waals surface area contributed by atoms with E-state index in [4.69, 9.17) is 15.2 Å². The van der Waals surface area contributed by atoms with Gasteiger partial charge in [-0.15, -0.1) is 0 Å². The van der Waals surface area contributed by atoms with Crippen LogP contribution in [0, 0.1) is 5.92 Å². The third-order valence-corrected chi connectivity index (χ3v) is 4.37. The van der Waals surface area contributed by atoms with Crippen molar-refractivity contribution in [3.63, 3.8) is 0 Å². The van der Waals surface area contributed by atoms with Crippen LogP contribution in [0.25, 0.3) is 0 Å². The number of carbonyl (C=O) groups excluding carboxylic acids is 2. The zero-order chi connectivity index (χ0) is 22.0. The Balaban J connectivity index is 2.81. The second-order valence-electron chi connectivity index (χ2n) is 7.39. The molecule has 29 heavy (non-hydrogen) atoms. The zero-order valence-corrected chi connectivity index (χ0v) is 18.2. The van der Waals surface area contributed by atoms with E-state index in [1.807, 2.05) is 27.7 Å². The molecule has 0 aliphatic rings. The minimum atomic E-state index is -0.648. The molecular formula is C21H34N4O4. The maximum absolute atomic E-state index is 12.5. The smallest absolute Gasteiger partial charge is 0.245 e. The first kappa shape index (κ1) is 24.3. The predicted molar refractivity (Wildman–Crippen MR) is 114 cm³/mol. The van der Waals surface area contributed by atoms with Crippen LogP contribution in [0.5, 0.6) is 11.5 Å². The van der Waals surface area contributed by atoms with Crippen molar-refractivity contribution < 1.29 is 19.1 Å². The van der Waals surface area contributed by atoms with E-state index in [2.05, 4.69) is 15.6 Å². The highest BCUT2D eigenvalue weighted by molar-refractivity contribution is 5.98. The van der Waals surface area contributed by atoms with Crippen LogP contribution in [-0.2, 0) is 16.0 Å². The molecule has 2 atom stereocenters. The Kier molecular flexibility index (Phi) is 9.99. The molecular weight excluding hydrogens is 372 g/mol. The van der Waals surface area contributed by atoms with Crippen molar-refractivity contribution in [3.05, 3.63) is 23.8 Å². The van der Waals surface area contributed by atoms with Gasteiger partial charge in [0.25, 0.3) is 0 Å². The van der Waals surface area contributed by atoms with Gasteiger partial charge in [-0.25, -0.2) is 4.99 Å². The third-order valence-electron chi connectivity index (χ3n) is 4.37. The molecule has 0 fully saturated rings. The summed E-state index contributed by atoms with van der Waals surface area (Å²) in [5.74, 6) is 0.788. The van der Waals surface area contributed by atoms with Gasteiger partial charge in [-0.1, -0.05) is 26.8 Å². The van der Waals surface area contributed by atoms with Gasteiger partial charge in [0.1, 0.15) is 6.04 Å². The fourth-order valence-corrected chi connectivity index (χ4v) is 2.67. The molecule has 4 N–H and O–H groups in total. The number of methoxy groups -OCH3 is 2. The lowest BCUT2D eigenvalue weighted by atomic mass is 10.0. The summed E-state index contributed by atoms with van der Waals surface area (Å²) in [5.41, 5.74) is 6.64. The standard InChI is InChI=1S/C21H34N4O4/c1-7-14(4)23-20(27)16(10-13(2)3)24-21(22)25-19(26)12-15-8-9-17(28-5)18(11-15)29-6/h8-9,11,13-14,16H,7,10,12H2,1-6H3,(H,23,27)(H3,22,24,25,26). The Morgan fingerprint density at radius 3 is 2.34 bits per heavy atom. The van der Waals surface area contributed by atoms with Gasteiger partial charge in [-0.05, 0) is 43.4 Å². The van der Waals surface area contributed by atoms with Crippen LogP contribution >= 0.6 is 0 Å². The zero-order valence-electron chi connectivity index (χ0n) is 18.2. The number of hydrogen-bond donors (Lipinski definition) is 3. The Labute approximate surface area is 173 Å². The lowest BCUT2D eigenvalue weighted by molar-refractivity contribution is -0.123. The van der Waals surface area contributed by atoms with E-state index in [1.54, 1.807) is 25.3 Å². The van der Waals surface area contributed by atoms with E-state index in [0.29, 0.717) is 17.9 Å². The molecule has 0 saturated carbocycles. The van der Waals surface area contributed by atoms with Crippen molar-refractivity contribution in [2.75, 3.05) is 14.2 Å². The van der Waals surface area contributed by atoms with Gasteiger partial charge in [0.15, 0.2) is 17.5 Å². The lowest BCUT2D eigenvalue weighted by Gasteiger charge is -2.19. The van der Waals surface area contributed by atoms with Gasteiger partial charge in [0.2, 0.25) is 11.8 Å². The molecule has 162 valence electrons. The van der Waals surface area contributed by atoms with Gasteiger partial charge >= 0.3 is 0 Å². The van der Waals surface area contributed by atoms with E-state index in [0.717, 1.165) is 12.0 Å². The molecule has 0 bridgehead atoms. The molecule has 0 saturated heterocycles. The molecule has 0 aliphatic heterocycles. The van der Waals surface area contributed by atoms with Crippen LogP contribution in [0.15, 0.2) is 23.2 Å². The average molecular weight is 407 g/mol. The van der Waals surface area contributed by atoms with Crippen molar-refractivity contribution in [3.8, 4) is 11.5 Å². The highest BCUT2D eigenvalue weighted by Gasteiger charge is 2.21. The molecule has 0 aromatic heterocycles. The Morgan fingerprint density at radius 2 is 1.79 bits per heavy atom. The van der Waals surface area contributed by atoms with Crippen LogP contribution in [0.3, 0.4) is 0 Å². The number of guanidine groups is 1. The molecule has 1 aromatic rings. The van der Waals surface area contributed by atoms with Crippen molar-refractivity contribution in [1.82, 2.24) is 10.6 Å². The van der Waals surface area contributed by atoms with Crippen LogP contribution in [0.1, 0.15) is 46.1 Å². The topological polar surface area (TPSA) is 115 Å². The van der Waals surface area contributed by atoms with E-state index in [1.165, 1.54) is 7.11 Å². The van der Waals surface area contributed by atoms with Gasteiger partial charge < -0.3 is 20.5 Å². The lowest BCUT2D eigenvalue weighted by Crippen LogP contribution is -2.43. The second-order valence-corrected chi connectivity index (χ2v) is 7.39. The molecule has 8 heteroatoms. The first-order chi connectivity index (χ1) is 13.7. The normalized spacial score (nSPS) is 13.6. The third kappa shape index (κ3) is 8.41. The first-order valence-electron chi connectivity index (χ1n) is 9.84. The van der Waals surface area contributed by atoms with Gasteiger partial charge in [0, 0.05) is 6.04 Å². The molecule has 2 unspecified atom stereocenters. The minimum absolute atomic E-state index is 0.0493.